The topological polar surface area (TPSA) is 94.8 Å². The summed E-state index contributed by atoms with van der Waals surface area (Å²) >= 11 is 2.84. The van der Waals surface area contributed by atoms with Crippen LogP contribution in [0.1, 0.15) is 29.5 Å². The van der Waals surface area contributed by atoms with Crippen molar-refractivity contribution >= 4 is 29.0 Å². The van der Waals surface area contributed by atoms with Gasteiger partial charge < -0.3 is 10.1 Å². The van der Waals surface area contributed by atoms with Crippen molar-refractivity contribution in [3.8, 4) is 0 Å². The first-order valence-corrected chi connectivity index (χ1v) is 10.9. The van der Waals surface area contributed by atoms with Crippen LogP contribution >= 0.6 is 23.1 Å². The number of nitrogens with zero attached hydrogens (tertiary/aromatic N) is 5. The molecule has 1 aromatic carbocycles. The lowest BCUT2D eigenvalue weighted by molar-refractivity contribution is -0.119. The maximum Gasteiger partial charge on any atom is 0.231 e. The highest BCUT2D eigenvalue weighted by Gasteiger charge is 2.21. The Bertz CT molecular complexity index is 881. The fourth-order valence-electron chi connectivity index (χ4n) is 3.04. The van der Waals surface area contributed by atoms with E-state index < -0.39 is 0 Å². The van der Waals surface area contributed by atoms with Gasteiger partial charge in [-0.25, -0.2) is 9.67 Å². The molecule has 0 radical (unpaired) electrons. The maximum atomic E-state index is 12.6. The third-order valence-electron chi connectivity index (χ3n) is 4.37. The van der Waals surface area contributed by atoms with E-state index in [4.69, 9.17) is 4.74 Å². The van der Waals surface area contributed by atoms with Gasteiger partial charge in [-0.1, -0.05) is 42.1 Å². The maximum absolute atomic E-state index is 12.6. The molecule has 1 saturated heterocycles. The van der Waals surface area contributed by atoms with E-state index in [2.05, 4.69) is 25.8 Å². The zero-order chi connectivity index (χ0) is 19.2. The third-order valence-corrected chi connectivity index (χ3v) is 6.17. The summed E-state index contributed by atoms with van der Waals surface area (Å²) < 4.78 is 7.35. The molecule has 1 aliphatic heterocycles. The van der Waals surface area contributed by atoms with Crippen molar-refractivity contribution in [3.05, 3.63) is 52.5 Å². The van der Waals surface area contributed by atoms with Crippen LogP contribution in [0.5, 0.6) is 0 Å². The number of thiazole rings is 1. The summed E-state index contributed by atoms with van der Waals surface area (Å²) in [6.07, 6.45) is 3.96. The van der Waals surface area contributed by atoms with Gasteiger partial charge in [0, 0.05) is 18.2 Å². The minimum absolute atomic E-state index is 0.0966. The van der Waals surface area contributed by atoms with Crippen molar-refractivity contribution in [1.82, 2.24) is 30.5 Å². The summed E-state index contributed by atoms with van der Waals surface area (Å²) in [4.78, 5) is 17.0. The summed E-state index contributed by atoms with van der Waals surface area (Å²) in [6, 6.07) is 9.57. The first-order valence-electron chi connectivity index (χ1n) is 9.04. The number of tetrazole rings is 1. The van der Waals surface area contributed by atoms with Gasteiger partial charge in [-0.3, -0.25) is 4.79 Å². The van der Waals surface area contributed by atoms with Crippen LogP contribution in [0.25, 0.3) is 0 Å². The highest BCUT2D eigenvalue weighted by Crippen LogP contribution is 2.24. The summed E-state index contributed by atoms with van der Waals surface area (Å²) in [5.41, 5.74) is 0.999. The summed E-state index contributed by atoms with van der Waals surface area (Å²) in [7, 11) is 0. The molecule has 4 rings (SSSR count). The molecular formula is C18H20N6O2S2. The van der Waals surface area contributed by atoms with Crippen molar-refractivity contribution in [2.24, 2.45) is 0 Å². The van der Waals surface area contributed by atoms with Gasteiger partial charge >= 0.3 is 0 Å². The fraction of sp³-hybridized carbons (Fsp3) is 0.389. The minimum Gasteiger partial charge on any atom is -0.376 e. The van der Waals surface area contributed by atoms with Gasteiger partial charge in [0.2, 0.25) is 11.1 Å². The first-order chi connectivity index (χ1) is 13.8. The van der Waals surface area contributed by atoms with Crippen LogP contribution in [-0.4, -0.2) is 49.6 Å². The van der Waals surface area contributed by atoms with E-state index in [1.807, 2.05) is 35.7 Å². The number of benzene rings is 1. The molecule has 0 spiro atoms. The lowest BCUT2D eigenvalue weighted by Gasteiger charge is -2.17. The molecule has 0 saturated carbocycles. The molecule has 1 N–H and O–H groups in total. The second kappa shape index (κ2) is 9.26. The van der Waals surface area contributed by atoms with Gasteiger partial charge in [0.05, 0.1) is 18.4 Å². The lowest BCUT2D eigenvalue weighted by atomic mass is 10.1. The number of ether oxygens (including phenoxy) is 1. The SMILES string of the molecule is O=C(CSc1nnnn1CC1CCCO1)NC(c1ccccc1)c1nccs1. The van der Waals surface area contributed by atoms with Crippen molar-refractivity contribution < 1.29 is 9.53 Å². The van der Waals surface area contributed by atoms with E-state index in [1.165, 1.54) is 23.1 Å². The average molecular weight is 417 g/mol. The van der Waals surface area contributed by atoms with Gasteiger partial charge in [0.15, 0.2) is 0 Å². The van der Waals surface area contributed by atoms with Crippen LogP contribution in [0.15, 0.2) is 47.1 Å². The highest BCUT2D eigenvalue weighted by atomic mass is 32.2. The van der Waals surface area contributed by atoms with E-state index in [0.717, 1.165) is 30.0 Å². The highest BCUT2D eigenvalue weighted by molar-refractivity contribution is 7.99. The molecule has 8 nitrogen and oxygen atoms in total. The molecule has 10 heteroatoms. The van der Waals surface area contributed by atoms with Crippen LogP contribution in [0.2, 0.25) is 0 Å². The van der Waals surface area contributed by atoms with Gasteiger partial charge in [-0.15, -0.1) is 16.4 Å². The van der Waals surface area contributed by atoms with Crippen LogP contribution < -0.4 is 5.32 Å². The van der Waals surface area contributed by atoms with Gasteiger partial charge in [-0.05, 0) is 28.8 Å². The van der Waals surface area contributed by atoms with Crippen molar-refractivity contribution in [1.29, 1.82) is 0 Å². The predicted molar refractivity (Wildman–Crippen MR) is 106 cm³/mol. The number of aromatic nitrogens is 5. The van der Waals surface area contributed by atoms with Crippen LogP contribution in [0.3, 0.4) is 0 Å². The number of nitrogens with one attached hydrogen (secondary N) is 1. The van der Waals surface area contributed by atoms with Crippen molar-refractivity contribution in [2.75, 3.05) is 12.4 Å². The average Bonchev–Trinajstić information content (AvgIpc) is 3.49. The van der Waals surface area contributed by atoms with E-state index in [0.29, 0.717) is 11.7 Å². The number of carbonyl (C=O) groups excluding carboxylic acids is 1. The molecule has 3 heterocycles. The molecule has 3 aromatic rings. The number of thioether (sulfide) groups is 1. The molecule has 0 bridgehead atoms. The van der Waals surface area contributed by atoms with E-state index in [1.54, 1.807) is 10.9 Å². The van der Waals surface area contributed by atoms with Crippen LogP contribution in [-0.2, 0) is 16.1 Å². The number of amides is 1. The first kappa shape index (κ1) is 19.0. The third kappa shape index (κ3) is 4.75. The van der Waals surface area contributed by atoms with E-state index in [-0.39, 0.29) is 23.8 Å². The molecule has 1 fully saturated rings. The second-order valence-corrected chi connectivity index (χ2v) is 8.22. The molecule has 2 unspecified atom stereocenters. The Kier molecular flexibility index (Phi) is 6.30. The molecule has 1 amide bonds. The summed E-state index contributed by atoms with van der Waals surface area (Å²) in [6.45, 7) is 1.40. The van der Waals surface area contributed by atoms with Crippen molar-refractivity contribution in [3.63, 3.8) is 0 Å². The van der Waals surface area contributed by atoms with Crippen LogP contribution in [0, 0.1) is 0 Å². The Hall–Kier alpha value is -2.30. The number of hydrogen-bond acceptors (Lipinski definition) is 8. The smallest absolute Gasteiger partial charge is 0.231 e. The fourth-order valence-corrected chi connectivity index (χ4v) is 4.45. The van der Waals surface area contributed by atoms with Gasteiger partial charge in [-0.2, -0.15) is 0 Å². The minimum atomic E-state index is -0.266. The molecule has 0 aliphatic carbocycles. The lowest BCUT2D eigenvalue weighted by Crippen LogP contribution is -2.30. The normalized spacial score (nSPS) is 17.5. The zero-order valence-electron chi connectivity index (χ0n) is 15.1. The van der Waals surface area contributed by atoms with Crippen molar-refractivity contribution in [2.45, 2.75) is 36.7 Å². The number of carbonyl (C=O) groups is 1. The summed E-state index contributed by atoms with van der Waals surface area (Å²) in [5, 5.41) is 18.3. The quantitative estimate of drug-likeness (QED) is 0.563. The standard InChI is InChI=1S/C18H20N6O2S2/c25-15(12-28-18-21-22-23-24(18)11-14-7-4-9-26-14)20-16(17-19-8-10-27-17)13-5-2-1-3-6-13/h1-3,5-6,8,10,14,16H,4,7,9,11-12H2,(H,20,25). The molecule has 2 aromatic heterocycles. The largest absolute Gasteiger partial charge is 0.376 e. The molecule has 2 atom stereocenters. The van der Waals surface area contributed by atoms with E-state index in [9.17, 15) is 4.79 Å². The number of hydrogen-bond donors (Lipinski definition) is 1. The van der Waals surface area contributed by atoms with Gasteiger partial charge in [0.25, 0.3) is 0 Å². The summed E-state index contributed by atoms with van der Waals surface area (Å²) in [5.74, 6) is 0.126. The Morgan fingerprint density at radius 1 is 1.39 bits per heavy atom. The van der Waals surface area contributed by atoms with Gasteiger partial charge in [0.1, 0.15) is 11.0 Å². The second-order valence-electron chi connectivity index (χ2n) is 6.35. The zero-order valence-corrected chi connectivity index (χ0v) is 16.7. The Morgan fingerprint density at radius 3 is 3.04 bits per heavy atom. The monoisotopic (exact) mass is 416 g/mol. The molecule has 1 aliphatic rings. The predicted octanol–water partition coefficient (Wildman–Crippen LogP) is 2.31. The molecule has 146 valence electrons. The Balaban J connectivity index is 1.38. The van der Waals surface area contributed by atoms with E-state index >= 15 is 0 Å². The molecular weight excluding hydrogens is 396 g/mol. The Labute approximate surface area is 170 Å². The van der Waals surface area contributed by atoms with Crippen LogP contribution in [0.4, 0.5) is 0 Å². The number of rotatable bonds is 8. The molecule has 28 heavy (non-hydrogen) atoms. The Morgan fingerprint density at radius 2 is 2.29 bits per heavy atom.